The zero-order valence-corrected chi connectivity index (χ0v) is 26.2. The lowest BCUT2D eigenvalue weighted by molar-refractivity contribution is -0.138. The highest BCUT2D eigenvalue weighted by molar-refractivity contribution is 6.07. The summed E-state index contributed by atoms with van der Waals surface area (Å²) >= 11 is 0. The number of benzene rings is 1. The highest BCUT2D eigenvalue weighted by atomic mass is 19.4. The van der Waals surface area contributed by atoms with Crippen molar-refractivity contribution in [2.75, 3.05) is 69.7 Å². The van der Waals surface area contributed by atoms with Crippen LogP contribution < -0.4 is 21.1 Å². The molecule has 2 aliphatic heterocycles. The SMILES string of the molecule is C[C@@H]1CN(c2ccc(-n3cc(C(=O)NCCCN4CCOCC4)nn3)c(F)c2NC(=O)c2c[nH]c(=O)cc2C(F)(F)F)C[C@H](C)N1C. The fourth-order valence-corrected chi connectivity index (χ4v) is 5.70. The number of nitrogens with one attached hydrogen (secondary N) is 3. The summed E-state index contributed by atoms with van der Waals surface area (Å²) in [5, 5.41) is 12.9. The molecule has 2 aromatic heterocycles. The summed E-state index contributed by atoms with van der Waals surface area (Å²) in [5.41, 5.74) is -3.82. The average molecular weight is 664 g/mol. The molecule has 0 spiro atoms. The molecule has 17 heteroatoms. The molecule has 4 heterocycles. The predicted octanol–water partition coefficient (Wildman–Crippen LogP) is 2.35. The van der Waals surface area contributed by atoms with Crippen LogP contribution in [0.3, 0.4) is 0 Å². The van der Waals surface area contributed by atoms with Crippen LogP contribution in [-0.4, -0.2) is 113 Å². The van der Waals surface area contributed by atoms with Crippen LogP contribution in [0.1, 0.15) is 46.7 Å². The molecule has 3 aromatic rings. The molecule has 5 rings (SSSR count). The molecule has 1 aromatic carbocycles. The quantitative estimate of drug-likeness (QED) is 0.233. The van der Waals surface area contributed by atoms with Crippen molar-refractivity contribution in [2.45, 2.75) is 38.5 Å². The smallest absolute Gasteiger partial charge is 0.379 e. The van der Waals surface area contributed by atoms with Gasteiger partial charge in [0.1, 0.15) is 11.4 Å². The monoisotopic (exact) mass is 663 g/mol. The first-order valence-corrected chi connectivity index (χ1v) is 15.2. The summed E-state index contributed by atoms with van der Waals surface area (Å²) in [6.07, 6.45) is -2.45. The third-order valence-corrected chi connectivity index (χ3v) is 8.53. The van der Waals surface area contributed by atoms with Gasteiger partial charge >= 0.3 is 6.18 Å². The number of aromatic amines is 1. The lowest BCUT2D eigenvalue weighted by Gasteiger charge is -2.44. The summed E-state index contributed by atoms with van der Waals surface area (Å²) in [7, 11) is 1.95. The minimum Gasteiger partial charge on any atom is -0.379 e. The molecule has 2 saturated heterocycles. The van der Waals surface area contributed by atoms with E-state index >= 15 is 4.39 Å². The van der Waals surface area contributed by atoms with E-state index < -0.39 is 40.5 Å². The Bertz CT molecular complexity index is 1640. The molecule has 2 fully saturated rings. The molecule has 47 heavy (non-hydrogen) atoms. The van der Waals surface area contributed by atoms with E-state index in [9.17, 15) is 27.6 Å². The van der Waals surface area contributed by atoms with Gasteiger partial charge in [-0.1, -0.05) is 5.21 Å². The Morgan fingerprint density at radius 2 is 1.77 bits per heavy atom. The Labute approximate surface area is 267 Å². The number of carbonyl (C=O) groups excluding carboxylic acids is 2. The first kappa shape index (κ1) is 34.0. The number of halogens is 4. The van der Waals surface area contributed by atoms with Gasteiger partial charge < -0.3 is 25.3 Å². The number of H-pyrrole nitrogens is 1. The maximum Gasteiger partial charge on any atom is 0.417 e. The van der Waals surface area contributed by atoms with Gasteiger partial charge in [-0.15, -0.1) is 5.10 Å². The van der Waals surface area contributed by atoms with Crippen LogP contribution in [-0.2, 0) is 10.9 Å². The third-order valence-electron chi connectivity index (χ3n) is 8.53. The Hall–Kier alpha value is -4.35. The second-order valence-electron chi connectivity index (χ2n) is 11.7. The second-order valence-corrected chi connectivity index (χ2v) is 11.7. The topological polar surface area (TPSA) is 141 Å². The van der Waals surface area contributed by atoms with Gasteiger partial charge in [0.25, 0.3) is 11.8 Å². The molecule has 0 radical (unpaired) electrons. The number of likely N-dealkylation sites (N-methyl/N-ethyl adjacent to an activating group) is 1. The van der Waals surface area contributed by atoms with E-state index in [-0.39, 0.29) is 40.9 Å². The molecule has 3 N–H and O–H groups in total. The van der Waals surface area contributed by atoms with E-state index in [4.69, 9.17) is 4.74 Å². The number of rotatable bonds is 9. The number of morpholine rings is 1. The van der Waals surface area contributed by atoms with Crippen molar-refractivity contribution in [2.24, 2.45) is 0 Å². The normalized spacial score (nSPS) is 19.5. The summed E-state index contributed by atoms with van der Waals surface area (Å²) < 4.78 is 64.1. The summed E-state index contributed by atoms with van der Waals surface area (Å²) in [6.45, 7) is 9.01. The van der Waals surface area contributed by atoms with E-state index in [2.05, 4.69) is 35.7 Å². The van der Waals surface area contributed by atoms with Crippen LogP contribution in [0.2, 0.25) is 0 Å². The van der Waals surface area contributed by atoms with Crippen molar-refractivity contribution in [3.05, 3.63) is 63.6 Å². The van der Waals surface area contributed by atoms with Gasteiger partial charge in [0, 0.05) is 57.1 Å². The van der Waals surface area contributed by atoms with E-state index in [1.165, 1.54) is 18.3 Å². The van der Waals surface area contributed by atoms with Crippen molar-refractivity contribution in [3.8, 4) is 5.69 Å². The maximum atomic E-state index is 16.4. The fraction of sp³-hybridized carbons (Fsp3) is 0.500. The number of alkyl halides is 3. The Morgan fingerprint density at radius 1 is 1.09 bits per heavy atom. The summed E-state index contributed by atoms with van der Waals surface area (Å²) in [5.74, 6) is -2.80. The lowest BCUT2D eigenvalue weighted by atomic mass is 10.1. The van der Waals surface area contributed by atoms with Gasteiger partial charge in [0.05, 0.1) is 36.2 Å². The van der Waals surface area contributed by atoms with Crippen molar-refractivity contribution in [3.63, 3.8) is 0 Å². The van der Waals surface area contributed by atoms with Crippen molar-refractivity contribution < 1.29 is 31.9 Å². The zero-order chi connectivity index (χ0) is 33.9. The molecule has 254 valence electrons. The molecule has 0 unspecified atom stereocenters. The van der Waals surface area contributed by atoms with Crippen LogP contribution in [0.15, 0.2) is 35.4 Å². The van der Waals surface area contributed by atoms with Crippen LogP contribution >= 0.6 is 0 Å². The van der Waals surface area contributed by atoms with Crippen LogP contribution in [0.25, 0.3) is 5.69 Å². The Balaban J connectivity index is 1.42. The molecule has 2 amide bonds. The largest absolute Gasteiger partial charge is 0.417 e. The number of amides is 2. The van der Waals surface area contributed by atoms with Gasteiger partial charge in [0.15, 0.2) is 11.5 Å². The van der Waals surface area contributed by atoms with E-state index in [0.717, 1.165) is 24.3 Å². The number of carbonyl (C=O) groups is 2. The van der Waals surface area contributed by atoms with E-state index in [0.29, 0.717) is 45.5 Å². The van der Waals surface area contributed by atoms with Crippen LogP contribution in [0, 0.1) is 5.82 Å². The van der Waals surface area contributed by atoms with Gasteiger partial charge in [-0.3, -0.25) is 24.2 Å². The molecule has 0 saturated carbocycles. The molecule has 2 aliphatic rings. The number of piperazine rings is 1. The number of hydrogen-bond donors (Lipinski definition) is 3. The van der Waals surface area contributed by atoms with Gasteiger partial charge in [-0.25, -0.2) is 9.07 Å². The molecule has 0 bridgehead atoms. The van der Waals surface area contributed by atoms with E-state index in [1.807, 2.05) is 25.8 Å². The highest BCUT2D eigenvalue weighted by Crippen LogP contribution is 2.36. The number of anilines is 2. The van der Waals surface area contributed by atoms with Crippen molar-refractivity contribution in [1.82, 2.24) is 35.1 Å². The average Bonchev–Trinajstić information content (AvgIpc) is 3.53. The Kier molecular flexibility index (Phi) is 10.3. The lowest BCUT2D eigenvalue weighted by Crippen LogP contribution is -2.55. The molecule has 2 atom stereocenters. The molecule has 0 aliphatic carbocycles. The van der Waals surface area contributed by atoms with Gasteiger partial charge in [0.2, 0.25) is 5.56 Å². The van der Waals surface area contributed by atoms with Crippen LogP contribution in [0.4, 0.5) is 28.9 Å². The number of ether oxygens (including phenoxy) is 1. The minimum atomic E-state index is -5.02. The highest BCUT2D eigenvalue weighted by Gasteiger charge is 2.37. The molecule has 13 nitrogen and oxygen atoms in total. The number of hydrogen-bond acceptors (Lipinski definition) is 9. The van der Waals surface area contributed by atoms with Crippen molar-refractivity contribution >= 4 is 23.2 Å². The fourth-order valence-electron chi connectivity index (χ4n) is 5.70. The summed E-state index contributed by atoms with van der Waals surface area (Å²) in [6, 6.07) is 3.27. The first-order valence-electron chi connectivity index (χ1n) is 15.2. The van der Waals surface area contributed by atoms with Gasteiger partial charge in [-0.2, -0.15) is 13.2 Å². The summed E-state index contributed by atoms with van der Waals surface area (Å²) in [4.78, 5) is 46.0. The maximum absolute atomic E-state index is 16.4. The third kappa shape index (κ3) is 7.80. The number of aromatic nitrogens is 4. The second kappa shape index (κ2) is 14.2. The molecular formula is C30H37F4N9O4. The zero-order valence-electron chi connectivity index (χ0n) is 26.2. The van der Waals surface area contributed by atoms with Crippen molar-refractivity contribution in [1.29, 1.82) is 0 Å². The van der Waals surface area contributed by atoms with Crippen LogP contribution in [0.5, 0.6) is 0 Å². The minimum absolute atomic E-state index is 0.0336. The van der Waals surface area contributed by atoms with Gasteiger partial charge in [-0.05, 0) is 46.0 Å². The standard InChI is InChI=1S/C30H37F4N9O4/c1-18-15-42(16-19(2)40(18)3)24-6-5-23(26(31)27(24)37-28(45)20-14-36-25(44)13-21(20)30(32,33)34)43-17-22(38-39-43)29(46)35-7-4-8-41-9-11-47-12-10-41/h5-6,13-14,17-19H,4,7-12,15-16H2,1-3H3,(H,35,46)(H,36,44)(H,37,45)/t18-,19+. The van der Waals surface area contributed by atoms with E-state index in [1.54, 1.807) is 0 Å². The molecular weight excluding hydrogens is 626 g/mol. The Morgan fingerprint density at radius 3 is 2.45 bits per heavy atom. The predicted molar refractivity (Wildman–Crippen MR) is 164 cm³/mol. The first-order chi connectivity index (χ1) is 22.3. The number of pyridine rings is 1. The number of nitrogens with zero attached hydrogens (tertiary/aromatic N) is 6.